The number of methoxy groups -OCH3 is 1. The largest absolute Gasteiger partial charge is 0.496 e. The Morgan fingerprint density at radius 2 is 2.04 bits per heavy atom. The first-order valence-electron chi connectivity index (χ1n) is 7.62. The second kappa shape index (κ2) is 5.47. The van der Waals surface area contributed by atoms with E-state index in [4.69, 9.17) is 15.1 Å². The Hall–Kier alpha value is -2.64. The highest BCUT2D eigenvalue weighted by Gasteiger charge is 2.29. The van der Waals surface area contributed by atoms with Gasteiger partial charge in [0.05, 0.1) is 19.4 Å². The van der Waals surface area contributed by atoms with Crippen LogP contribution in [0.15, 0.2) is 30.3 Å². The molecule has 2 aromatic carbocycles. The molecule has 3 N–H and O–H groups in total. The fourth-order valence-corrected chi connectivity index (χ4v) is 3.12. The van der Waals surface area contributed by atoms with E-state index < -0.39 is 7.12 Å². The number of nitrogens with zero attached hydrogens (tertiary/aromatic N) is 2. The number of hydrogen-bond donors (Lipinski definition) is 2. The minimum absolute atomic E-state index is 0.385. The van der Waals surface area contributed by atoms with E-state index in [-0.39, 0.29) is 0 Å². The van der Waals surface area contributed by atoms with Crippen molar-refractivity contribution >= 4 is 29.2 Å². The zero-order valence-electron chi connectivity index (χ0n) is 13.4. The van der Waals surface area contributed by atoms with Crippen LogP contribution in [0.1, 0.15) is 11.3 Å². The summed E-state index contributed by atoms with van der Waals surface area (Å²) in [5.74, 6) is 1.14. The molecule has 0 atom stereocenters. The molecule has 0 bridgehead atoms. The molecule has 0 saturated heterocycles. The van der Waals surface area contributed by atoms with Crippen LogP contribution in [0.4, 0.5) is 5.82 Å². The molecule has 0 radical (unpaired) electrons. The number of rotatable bonds is 2. The first-order chi connectivity index (χ1) is 11.6. The van der Waals surface area contributed by atoms with E-state index in [0.29, 0.717) is 12.4 Å². The molecule has 1 aliphatic heterocycles. The summed E-state index contributed by atoms with van der Waals surface area (Å²) in [6.07, 6.45) is 0. The van der Waals surface area contributed by atoms with Crippen molar-refractivity contribution in [1.82, 2.24) is 10.2 Å². The topological polar surface area (TPSA) is 90.5 Å². The predicted molar refractivity (Wildman–Crippen MR) is 93.1 cm³/mol. The van der Waals surface area contributed by atoms with Gasteiger partial charge in [0.1, 0.15) is 5.75 Å². The van der Waals surface area contributed by atoms with Crippen LogP contribution in [0.25, 0.3) is 21.9 Å². The van der Waals surface area contributed by atoms with Crippen molar-refractivity contribution in [3.8, 4) is 16.9 Å². The number of ether oxygens (including phenoxy) is 1. The van der Waals surface area contributed by atoms with Crippen molar-refractivity contribution in [2.45, 2.75) is 13.5 Å². The molecule has 0 aliphatic carbocycles. The zero-order chi connectivity index (χ0) is 16.8. The third kappa shape index (κ3) is 2.21. The van der Waals surface area contributed by atoms with E-state index in [1.54, 1.807) is 7.11 Å². The highest BCUT2D eigenvalue weighted by atomic mass is 16.5. The molecule has 0 fully saturated rings. The molecule has 7 heteroatoms. The van der Waals surface area contributed by atoms with Crippen LogP contribution < -0.4 is 15.9 Å². The van der Waals surface area contributed by atoms with Gasteiger partial charge < -0.3 is 20.1 Å². The average molecular weight is 321 g/mol. The van der Waals surface area contributed by atoms with Crippen molar-refractivity contribution in [2.24, 2.45) is 0 Å². The molecule has 3 aromatic rings. The first kappa shape index (κ1) is 14.9. The summed E-state index contributed by atoms with van der Waals surface area (Å²) in [4.78, 5) is 0. The van der Waals surface area contributed by atoms with Crippen LogP contribution in [0, 0.1) is 6.92 Å². The third-order valence-electron chi connectivity index (χ3n) is 4.43. The van der Waals surface area contributed by atoms with Crippen LogP contribution in [0.2, 0.25) is 0 Å². The Morgan fingerprint density at radius 3 is 2.83 bits per heavy atom. The molecule has 0 saturated carbocycles. The standard InChI is InChI=1S/C17H16BN3O3/c1-9-13-5-10(3-4-12(13)17(19)21-20-9)14-7-15-11(6-16(14)23-2)8-24-18(15)22/h3-7,22H,8H2,1-2H3,(H2,19,21). The second-order valence-electron chi connectivity index (χ2n) is 5.85. The van der Waals surface area contributed by atoms with Gasteiger partial charge >= 0.3 is 7.12 Å². The molecule has 0 unspecified atom stereocenters. The Bertz CT molecular complexity index is 961. The Balaban J connectivity index is 1.94. The molecular weight excluding hydrogens is 305 g/mol. The minimum atomic E-state index is -0.895. The van der Waals surface area contributed by atoms with Crippen LogP contribution >= 0.6 is 0 Å². The molecule has 120 valence electrons. The van der Waals surface area contributed by atoms with Crippen molar-refractivity contribution < 1.29 is 14.4 Å². The second-order valence-corrected chi connectivity index (χ2v) is 5.85. The van der Waals surface area contributed by atoms with Gasteiger partial charge in [-0.15, -0.1) is 5.10 Å². The van der Waals surface area contributed by atoms with Gasteiger partial charge in [-0.1, -0.05) is 12.1 Å². The molecule has 1 aromatic heterocycles. The molecule has 1 aliphatic rings. The summed E-state index contributed by atoms with van der Waals surface area (Å²) in [6, 6.07) is 9.74. The fourth-order valence-electron chi connectivity index (χ4n) is 3.12. The van der Waals surface area contributed by atoms with Gasteiger partial charge in [-0.3, -0.25) is 0 Å². The number of anilines is 1. The summed E-state index contributed by atoms with van der Waals surface area (Å²) in [6.45, 7) is 2.28. The van der Waals surface area contributed by atoms with Crippen molar-refractivity contribution in [3.05, 3.63) is 41.6 Å². The van der Waals surface area contributed by atoms with Gasteiger partial charge in [-0.05, 0) is 41.7 Å². The maximum Gasteiger partial charge on any atom is 0.491 e. The smallest absolute Gasteiger partial charge is 0.491 e. The van der Waals surface area contributed by atoms with Crippen LogP contribution in [0.5, 0.6) is 5.75 Å². The van der Waals surface area contributed by atoms with E-state index in [2.05, 4.69) is 10.2 Å². The quantitative estimate of drug-likeness (QED) is 0.694. The van der Waals surface area contributed by atoms with Crippen LogP contribution in [0.3, 0.4) is 0 Å². The summed E-state index contributed by atoms with van der Waals surface area (Å²) in [5, 5.41) is 19.8. The lowest BCUT2D eigenvalue weighted by Gasteiger charge is -2.13. The van der Waals surface area contributed by atoms with Crippen molar-refractivity contribution in [1.29, 1.82) is 0 Å². The van der Waals surface area contributed by atoms with Gasteiger partial charge in [0, 0.05) is 16.3 Å². The van der Waals surface area contributed by atoms with Crippen molar-refractivity contribution in [2.75, 3.05) is 12.8 Å². The summed E-state index contributed by atoms with van der Waals surface area (Å²) < 4.78 is 10.8. The van der Waals surface area contributed by atoms with E-state index in [9.17, 15) is 5.02 Å². The number of nitrogen functional groups attached to an aromatic ring is 1. The van der Waals surface area contributed by atoms with Gasteiger partial charge in [0.2, 0.25) is 0 Å². The Labute approximate surface area is 139 Å². The van der Waals surface area contributed by atoms with Gasteiger partial charge in [-0.25, -0.2) is 0 Å². The average Bonchev–Trinajstić information content (AvgIpc) is 2.97. The van der Waals surface area contributed by atoms with Gasteiger partial charge in [-0.2, -0.15) is 5.10 Å². The zero-order valence-corrected chi connectivity index (χ0v) is 13.4. The third-order valence-corrected chi connectivity index (χ3v) is 4.43. The number of fused-ring (bicyclic) bond motifs is 2. The maximum atomic E-state index is 9.97. The SMILES string of the molecule is COc1cc2c(cc1-c1ccc3c(N)nnc(C)c3c1)B(O)OC2. The molecule has 6 nitrogen and oxygen atoms in total. The normalized spacial score (nSPS) is 13.4. The van der Waals surface area contributed by atoms with E-state index in [1.165, 1.54) is 0 Å². The molecule has 2 heterocycles. The lowest BCUT2D eigenvalue weighted by atomic mass is 9.78. The summed E-state index contributed by atoms with van der Waals surface area (Å²) in [5.41, 5.74) is 10.3. The van der Waals surface area contributed by atoms with E-state index in [0.717, 1.165) is 44.4 Å². The van der Waals surface area contributed by atoms with E-state index in [1.807, 2.05) is 37.3 Å². The molecule has 4 rings (SSSR count). The minimum Gasteiger partial charge on any atom is -0.496 e. The number of aromatic nitrogens is 2. The number of hydrogen-bond acceptors (Lipinski definition) is 6. The Morgan fingerprint density at radius 1 is 1.21 bits per heavy atom. The molecule has 24 heavy (non-hydrogen) atoms. The molecule has 0 spiro atoms. The number of nitrogens with two attached hydrogens (primary N) is 1. The van der Waals surface area contributed by atoms with Crippen LogP contribution in [-0.2, 0) is 11.3 Å². The molecule has 0 amide bonds. The lowest BCUT2D eigenvalue weighted by molar-refractivity contribution is 0.275. The summed E-state index contributed by atoms with van der Waals surface area (Å²) in [7, 11) is 0.737. The fraction of sp³-hybridized carbons (Fsp3) is 0.176. The number of benzene rings is 2. The van der Waals surface area contributed by atoms with E-state index >= 15 is 0 Å². The monoisotopic (exact) mass is 321 g/mol. The maximum absolute atomic E-state index is 9.97. The lowest BCUT2D eigenvalue weighted by Crippen LogP contribution is -2.28. The predicted octanol–water partition coefficient (Wildman–Crippen LogP) is 1.41. The van der Waals surface area contributed by atoms with Gasteiger partial charge in [0.25, 0.3) is 0 Å². The van der Waals surface area contributed by atoms with Crippen molar-refractivity contribution in [3.63, 3.8) is 0 Å². The van der Waals surface area contributed by atoms with Gasteiger partial charge in [0.15, 0.2) is 5.82 Å². The number of aryl methyl sites for hydroxylation is 1. The Kier molecular flexibility index (Phi) is 3.40. The highest BCUT2D eigenvalue weighted by molar-refractivity contribution is 6.61. The highest BCUT2D eigenvalue weighted by Crippen LogP contribution is 2.34. The first-order valence-corrected chi connectivity index (χ1v) is 7.62. The summed E-state index contributed by atoms with van der Waals surface area (Å²) >= 11 is 0. The molecular formula is C17H16BN3O3. The van der Waals surface area contributed by atoms with Crippen LogP contribution in [-0.4, -0.2) is 29.4 Å².